The third-order valence-electron chi connectivity index (χ3n) is 4.76. The van der Waals surface area contributed by atoms with Crippen molar-refractivity contribution in [3.63, 3.8) is 0 Å². The van der Waals surface area contributed by atoms with Crippen molar-refractivity contribution in [1.82, 2.24) is 14.3 Å². The van der Waals surface area contributed by atoms with Crippen LogP contribution in [0.1, 0.15) is 12.1 Å². The maximum atomic E-state index is 12.6. The Kier molecular flexibility index (Phi) is 4.28. The number of para-hydroxylation sites is 1. The number of nitrogens with one attached hydrogen (secondary N) is 1. The summed E-state index contributed by atoms with van der Waals surface area (Å²) in [5.41, 5.74) is 2.15. The molecule has 1 N–H and O–H groups in total. The summed E-state index contributed by atoms with van der Waals surface area (Å²) in [6.45, 7) is 4.66. The standard InChI is InChI=1S/C19H22N4O2/c1-14-10-16-4-2-3-5-17(16)22(14)12-19(24)21-18-6-8-20-23(18)11-15-7-9-25-13-15/h2-6,8,10,15H,7,9,11-13H2,1H3,(H,21,24)/t15-/m0/s1. The van der Waals surface area contributed by atoms with E-state index in [-0.39, 0.29) is 12.5 Å². The molecule has 0 radical (unpaired) electrons. The quantitative estimate of drug-likeness (QED) is 0.778. The third kappa shape index (κ3) is 3.30. The zero-order valence-electron chi connectivity index (χ0n) is 14.3. The van der Waals surface area contributed by atoms with E-state index in [1.165, 1.54) is 0 Å². The van der Waals surface area contributed by atoms with Gasteiger partial charge in [-0.1, -0.05) is 18.2 Å². The van der Waals surface area contributed by atoms with Gasteiger partial charge < -0.3 is 14.6 Å². The SMILES string of the molecule is Cc1cc2ccccc2n1CC(=O)Nc1ccnn1C[C@@H]1CCOC1. The molecule has 6 nitrogen and oxygen atoms in total. The summed E-state index contributed by atoms with van der Waals surface area (Å²) in [5, 5.41) is 8.48. The molecule has 6 heteroatoms. The molecular formula is C19H22N4O2. The number of ether oxygens (including phenoxy) is 1. The third-order valence-corrected chi connectivity index (χ3v) is 4.76. The van der Waals surface area contributed by atoms with Crippen LogP contribution in [-0.2, 0) is 22.6 Å². The average molecular weight is 338 g/mol. The van der Waals surface area contributed by atoms with Crippen LogP contribution in [0.25, 0.3) is 10.9 Å². The van der Waals surface area contributed by atoms with Crippen molar-refractivity contribution in [2.45, 2.75) is 26.4 Å². The van der Waals surface area contributed by atoms with E-state index in [1.54, 1.807) is 6.20 Å². The maximum absolute atomic E-state index is 12.6. The summed E-state index contributed by atoms with van der Waals surface area (Å²) in [5.74, 6) is 1.16. The summed E-state index contributed by atoms with van der Waals surface area (Å²) in [6.07, 6.45) is 2.77. The van der Waals surface area contributed by atoms with E-state index in [0.717, 1.165) is 48.6 Å². The lowest BCUT2D eigenvalue weighted by atomic mass is 10.1. The van der Waals surface area contributed by atoms with E-state index in [9.17, 15) is 4.79 Å². The fourth-order valence-electron chi connectivity index (χ4n) is 3.44. The average Bonchev–Trinajstić information content (AvgIpc) is 3.32. The number of aryl methyl sites for hydroxylation is 1. The van der Waals surface area contributed by atoms with Gasteiger partial charge in [0.1, 0.15) is 12.4 Å². The largest absolute Gasteiger partial charge is 0.381 e. The van der Waals surface area contributed by atoms with E-state index in [4.69, 9.17) is 4.74 Å². The number of aromatic nitrogens is 3. The minimum absolute atomic E-state index is 0.0473. The highest BCUT2D eigenvalue weighted by Gasteiger charge is 2.18. The summed E-state index contributed by atoms with van der Waals surface area (Å²) in [7, 11) is 0. The summed E-state index contributed by atoms with van der Waals surface area (Å²) < 4.78 is 9.32. The fraction of sp³-hybridized carbons (Fsp3) is 0.368. The highest BCUT2D eigenvalue weighted by atomic mass is 16.5. The number of benzene rings is 1. The summed E-state index contributed by atoms with van der Waals surface area (Å²) in [4.78, 5) is 12.6. The predicted octanol–water partition coefficient (Wildman–Crippen LogP) is 2.82. The van der Waals surface area contributed by atoms with Crippen LogP contribution in [0.5, 0.6) is 0 Å². The Bertz CT molecular complexity index is 890. The van der Waals surface area contributed by atoms with Gasteiger partial charge in [-0.25, -0.2) is 4.68 Å². The van der Waals surface area contributed by atoms with Crippen molar-refractivity contribution in [2.24, 2.45) is 5.92 Å². The molecule has 1 aliphatic heterocycles. The first-order valence-corrected chi connectivity index (χ1v) is 8.65. The van der Waals surface area contributed by atoms with Gasteiger partial charge in [-0.3, -0.25) is 4.79 Å². The second-order valence-corrected chi connectivity index (χ2v) is 6.61. The fourth-order valence-corrected chi connectivity index (χ4v) is 3.44. The first kappa shape index (κ1) is 15.9. The van der Waals surface area contributed by atoms with Crippen molar-refractivity contribution < 1.29 is 9.53 Å². The van der Waals surface area contributed by atoms with E-state index < -0.39 is 0 Å². The van der Waals surface area contributed by atoms with Crippen molar-refractivity contribution in [3.05, 3.63) is 48.3 Å². The van der Waals surface area contributed by atoms with E-state index in [0.29, 0.717) is 5.92 Å². The molecule has 1 amide bonds. The van der Waals surface area contributed by atoms with Crippen LogP contribution in [0.3, 0.4) is 0 Å². The molecule has 0 spiro atoms. The molecule has 1 aliphatic rings. The number of rotatable bonds is 5. The Labute approximate surface area is 146 Å². The zero-order chi connectivity index (χ0) is 17.2. The lowest BCUT2D eigenvalue weighted by Crippen LogP contribution is -2.22. The number of hydrogen-bond donors (Lipinski definition) is 1. The lowest BCUT2D eigenvalue weighted by Gasteiger charge is -2.13. The number of anilines is 1. The Balaban J connectivity index is 1.47. The molecule has 2 aromatic heterocycles. The van der Waals surface area contributed by atoms with Crippen LogP contribution in [0.15, 0.2) is 42.6 Å². The summed E-state index contributed by atoms with van der Waals surface area (Å²) in [6, 6.07) is 12.1. The molecule has 0 saturated carbocycles. The van der Waals surface area contributed by atoms with Gasteiger partial charge in [-0.05, 0) is 30.9 Å². The van der Waals surface area contributed by atoms with Gasteiger partial charge in [0.15, 0.2) is 0 Å². The normalized spacial score (nSPS) is 17.2. The maximum Gasteiger partial charge on any atom is 0.245 e. The first-order chi connectivity index (χ1) is 12.2. The number of hydrogen-bond acceptors (Lipinski definition) is 3. The summed E-state index contributed by atoms with van der Waals surface area (Å²) >= 11 is 0. The molecule has 0 unspecified atom stereocenters. The molecule has 1 fully saturated rings. The number of carbonyl (C=O) groups excluding carboxylic acids is 1. The van der Waals surface area contributed by atoms with Gasteiger partial charge in [0.25, 0.3) is 0 Å². The van der Waals surface area contributed by atoms with Crippen molar-refractivity contribution in [1.29, 1.82) is 0 Å². The molecule has 4 rings (SSSR count). The van der Waals surface area contributed by atoms with Gasteiger partial charge in [-0.2, -0.15) is 5.10 Å². The monoisotopic (exact) mass is 338 g/mol. The highest BCUT2D eigenvalue weighted by molar-refractivity contribution is 5.91. The van der Waals surface area contributed by atoms with E-state index in [2.05, 4.69) is 22.5 Å². The Morgan fingerprint density at radius 3 is 3.08 bits per heavy atom. The molecular weight excluding hydrogens is 316 g/mol. The van der Waals surface area contributed by atoms with Crippen LogP contribution >= 0.6 is 0 Å². The minimum Gasteiger partial charge on any atom is -0.381 e. The number of nitrogens with zero attached hydrogens (tertiary/aromatic N) is 3. The highest BCUT2D eigenvalue weighted by Crippen LogP contribution is 2.20. The Morgan fingerprint density at radius 1 is 1.36 bits per heavy atom. The van der Waals surface area contributed by atoms with Crippen LogP contribution in [0.4, 0.5) is 5.82 Å². The lowest BCUT2D eigenvalue weighted by molar-refractivity contribution is -0.116. The number of amides is 1. The second kappa shape index (κ2) is 6.72. The molecule has 130 valence electrons. The van der Waals surface area contributed by atoms with Gasteiger partial charge >= 0.3 is 0 Å². The van der Waals surface area contributed by atoms with E-state index >= 15 is 0 Å². The molecule has 0 bridgehead atoms. The van der Waals surface area contributed by atoms with Crippen molar-refractivity contribution in [3.8, 4) is 0 Å². The van der Waals surface area contributed by atoms with Crippen LogP contribution in [0.2, 0.25) is 0 Å². The van der Waals surface area contributed by atoms with Crippen LogP contribution in [-0.4, -0.2) is 33.5 Å². The van der Waals surface area contributed by atoms with Gasteiger partial charge in [0.05, 0.1) is 12.8 Å². The second-order valence-electron chi connectivity index (χ2n) is 6.61. The van der Waals surface area contributed by atoms with E-state index in [1.807, 2.05) is 40.4 Å². The predicted molar refractivity (Wildman–Crippen MR) is 96.5 cm³/mol. The van der Waals surface area contributed by atoms with Crippen molar-refractivity contribution >= 4 is 22.6 Å². The molecule has 1 aromatic carbocycles. The van der Waals surface area contributed by atoms with Crippen LogP contribution in [0, 0.1) is 12.8 Å². The first-order valence-electron chi connectivity index (χ1n) is 8.65. The Morgan fingerprint density at radius 2 is 2.24 bits per heavy atom. The smallest absolute Gasteiger partial charge is 0.245 e. The Hall–Kier alpha value is -2.60. The molecule has 25 heavy (non-hydrogen) atoms. The van der Waals surface area contributed by atoms with Crippen LogP contribution < -0.4 is 5.32 Å². The number of carbonyl (C=O) groups is 1. The zero-order valence-corrected chi connectivity index (χ0v) is 14.3. The molecule has 0 aliphatic carbocycles. The molecule has 1 saturated heterocycles. The van der Waals surface area contributed by atoms with Gasteiger partial charge in [0.2, 0.25) is 5.91 Å². The molecule has 3 aromatic rings. The van der Waals surface area contributed by atoms with Crippen molar-refractivity contribution in [2.75, 3.05) is 18.5 Å². The molecule has 1 atom stereocenters. The topological polar surface area (TPSA) is 61.1 Å². The van der Waals surface area contributed by atoms with Gasteiger partial charge in [-0.15, -0.1) is 0 Å². The minimum atomic E-state index is -0.0473. The number of fused-ring (bicyclic) bond motifs is 1. The molecule has 3 heterocycles. The van der Waals surface area contributed by atoms with Gasteiger partial charge in [0, 0.05) is 36.3 Å².